The highest BCUT2D eigenvalue weighted by Crippen LogP contribution is 2.22. The van der Waals surface area contributed by atoms with Crippen molar-refractivity contribution in [2.24, 2.45) is 0 Å². The Bertz CT molecular complexity index is 674. The highest BCUT2D eigenvalue weighted by molar-refractivity contribution is 5.96. The summed E-state index contributed by atoms with van der Waals surface area (Å²) < 4.78 is 44.9. The fourth-order valence-electron chi connectivity index (χ4n) is 2.08. The van der Waals surface area contributed by atoms with Crippen molar-refractivity contribution in [2.45, 2.75) is 19.9 Å². The molecule has 1 aromatic carbocycles. The van der Waals surface area contributed by atoms with Gasteiger partial charge in [-0.3, -0.25) is 9.36 Å². The maximum atomic E-state index is 13.7. The monoisotopic (exact) mass is 327 g/mol. The summed E-state index contributed by atoms with van der Waals surface area (Å²) >= 11 is 0. The molecule has 0 radical (unpaired) electrons. The van der Waals surface area contributed by atoms with Gasteiger partial charge in [0, 0.05) is 25.4 Å². The zero-order valence-corrected chi connectivity index (χ0v) is 12.4. The normalized spacial score (nSPS) is 10.8. The number of hydrogen-bond acceptors (Lipinski definition) is 3. The molecule has 0 aliphatic carbocycles. The lowest BCUT2D eigenvalue weighted by atomic mass is 10.1. The van der Waals surface area contributed by atoms with E-state index in [9.17, 15) is 18.0 Å². The average molecular weight is 327 g/mol. The lowest BCUT2D eigenvalue weighted by Crippen LogP contribution is -2.27. The SMILES string of the molecule is CCOc1c(F)cccc1C(=O)NCCc1nccn1C(F)F. The molecule has 2 rings (SSSR count). The maximum absolute atomic E-state index is 13.7. The quantitative estimate of drug-likeness (QED) is 0.851. The van der Waals surface area contributed by atoms with Crippen LogP contribution in [0.25, 0.3) is 0 Å². The Hall–Kier alpha value is -2.51. The zero-order chi connectivity index (χ0) is 16.8. The van der Waals surface area contributed by atoms with E-state index in [0.29, 0.717) is 0 Å². The summed E-state index contributed by atoms with van der Waals surface area (Å²) in [7, 11) is 0. The van der Waals surface area contributed by atoms with E-state index in [1.807, 2.05) is 0 Å². The zero-order valence-electron chi connectivity index (χ0n) is 12.4. The molecule has 2 aromatic rings. The molecular weight excluding hydrogens is 311 g/mol. The average Bonchev–Trinajstić information content (AvgIpc) is 2.98. The van der Waals surface area contributed by atoms with Gasteiger partial charge in [-0.2, -0.15) is 8.78 Å². The number of rotatable bonds is 7. The Labute approximate surface area is 131 Å². The molecule has 0 atom stereocenters. The standard InChI is InChI=1S/C15H16F3N3O2/c1-2-23-13-10(4-3-5-11(13)16)14(22)20-7-6-12-19-8-9-21(12)15(17)18/h3-5,8-9,15H,2,6-7H2,1H3,(H,20,22). The van der Waals surface area contributed by atoms with Gasteiger partial charge in [-0.15, -0.1) is 0 Å². The van der Waals surface area contributed by atoms with Crippen LogP contribution in [0.3, 0.4) is 0 Å². The minimum Gasteiger partial charge on any atom is -0.490 e. The minimum absolute atomic E-state index is 0.0593. The summed E-state index contributed by atoms with van der Waals surface area (Å²) in [4.78, 5) is 15.9. The Morgan fingerprint density at radius 1 is 1.43 bits per heavy atom. The maximum Gasteiger partial charge on any atom is 0.319 e. The molecule has 0 bridgehead atoms. The molecule has 0 unspecified atom stereocenters. The first-order chi connectivity index (χ1) is 11.0. The molecule has 1 heterocycles. The second kappa shape index (κ2) is 7.66. The van der Waals surface area contributed by atoms with Crippen LogP contribution in [0.15, 0.2) is 30.6 Å². The number of nitrogens with one attached hydrogen (secondary N) is 1. The number of carbonyl (C=O) groups is 1. The molecule has 0 saturated carbocycles. The van der Waals surface area contributed by atoms with Crippen LogP contribution in [0.2, 0.25) is 0 Å². The predicted molar refractivity (Wildman–Crippen MR) is 77.1 cm³/mol. The van der Waals surface area contributed by atoms with Crippen LogP contribution in [-0.2, 0) is 6.42 Å². The molecule has 23 heavy (non-hydrogen) atoms. The topological polar surface area (TPSA) is 56.1 Å². The van der Waals surface area contributed by atoms with Crippen LogP contribution in [0, 0.1) is 5.82 Å². The number of imidazole rings is 1. The number of halogens is 3. The van der Waals surface area contributed by atoms with E-state index in [1.54, 1.807) is 6.92 Å². The highest BCUT2D eigenvalue weighted by Gasteiger charge is 2.17. The number of carbonyl (C=O) groups excluding carboxylic acids is 1. The van der Waals surface area contributed by atoms with Gasteiger partial charge in [-0.05, 0) is 19.1 Å². The van der Waals surface area contributed by atoms with E-state index in [1.165, 1.54) is 30.6 Å². The molecule has 1 N–H and O–H groups in total. The van der Waals surface area contributed by atoms with Crippen molar-refractivity contribution in [3.8, 4) is 5.75 Å². The van der Waals surface area contributed by atoms with Gasteiger partial charge in [0.1, 0.15) is 5.82 Å². The van der Waals surface area contributed by atoms with Crippen molar-refractivity contribution in [3.63, 3.8) is 0 Å². The van der Waals surface area contributed by atoms with Gasteiger partial charge in [-0.1, -0.05) is 6.07 Å². The smallest absolute Gasteiger partial charge is 0.319 e. The number of ether oxygens (including phenoxy) is 1. The van der Waals surface area contributed by atoms with E-state index in [-0.39, 0.29) is 36.7 Å². The third-order valence-corrected chi connectivity index (χ3v) is 3.09. The third kappa shape index (κ3) is 4.02. The van der Waals surface area contributed by atoms with Crippen molar-refractivity contribution in [1.29, 1.82) is 0 Å². The van der Waals surface area contributed by atoms with E-state index < -0.39 is 18.3 Å². The van der Waals surface area contributed by atoms with Crippen LogP contribution >= 0.6 is 0 Å². The van der Waals surface area contributed by atoms with Crippen molar-refractivity contribution < 1.29 is 22.7 Å². The second-order valence-electron chi connectivity index (χ2n) is 4.58. The van der Waals surface area contributed by atoms with Crippen LogP contribution in [-0.4, -0.2) is 28.6 Å². The van der Waals surface area contributed by atoms with Gasteiger partial charge in [0.2, 0.25) is 0 Å². The summed E-state index contributed by atoms with van der Waals surface area (Å²) in [6.07, 6.45) is 2.56. The molecule has 1 amide bonds. The summed E-state index contributed by atoms with van der Waals surface area (Å²) in [5.74, 6) is -1.14. The van der Waals surface area contributed by atoms with Gasteiger partial charge in [-0.25, -0.2) is 9.37 Å². The summed E-state index contributed by atoms with van der Waals surface area (Å²) in [5, 5.41) is 2.55. The van der Waals surface area contributed by atoms with Crippen LogP contribution in [0.5, 0.6) is 5.75 Å². The van der Waals surface area contributed by atoms with Crippen molar-refractivity contribution in [2.75, 3.05) is 13.2 Å². The number of nitrogens with zero attached hydrogens (tertiary/aromatic N) is 2. The lowest BCUT2D eigenvalue weighted by Gasteiger charge is -2.11. The van der Waals surface area contributed by atoms with Gasteiger partial charge in [0.05, 0.1) is 12.2 Å². The second-order valence-corrected chi connectivity index (χ2v) is 4.58. The summed E-state index contributed by atoms with van der Waals surface area (Å²) in [5.41, 5.74) is 0.0593. The molecule has 124 valence electrons. The van der Waals surface area contributed by atoms with Crippen molar-refractivity contribution in [3.05, 3.63) is 47.8 Å². The lowest BCUT2D eigenvalue weighted by molar-refractivity contribution is 0.0670. The van der Waals surface area contributed by atoms with Gasteiger partial charge in [0.15, 0.2) is 11.6 Å². The Balaban J connectivity index is 2.00. The largest absolute Gasteiger partial charge is 0.490 e. The van der Waals surface area contributed by atoms with Crippen molar-refractivity contribution in [1.82, 2.24) is 14.9 Å². The Morgan fingerprint density at radius 3 is 2.91 bits per heavy atom. The number of amides is 1. The molecule has 1 aromatic heterocycles. The number of para-hydroxylation sites is 1. The van der Waals surface area contributed by atoms with Gasteiger partial charge < -0.3 is 10.1 Å². The first-order valence-electron chi connectivity index (χ1n) is 7.04. The van der Waals surface area contributed by atoms with E-state index in [2.05, 4.69) is 10.3 Å². The summed E-state index contributed by atoms with van der Waals surface area (Å²) in [6, 6.07) is 4.03. The molecule has 8 heteroatoms. The summed E-state index contributed by atoms with van der Waals surface area (Å²) in [6.45, 7) is -0.702. The first-order valence-corrected chi connectivity index (χ1v) is 7.04. The van der Waals surface area contributed by atoms with E-state index >= 15 is 0 Å². The fraction of sp³-hybridized carbons (Fsp3) is 0.333. The van der Waals surface area contributed by atoms with E-state index in [4.69, 9.17) is 4.74 Å². The number of alkyl halides is 2. The Kier molecular flexibility index (Phi) is 5.61. The first kappa shape index (κ1) is 16.9. The van der Waals surface area contributed by atoms with Gasteiger partial charge in [0.25, 0.3) is 5.91 Å². The molecule has 0 spiro atoms. The van der Waals surface area contributed by atoms with Gasteiger partial charge >= 0.3 is 6.55 Å². The number of aromatic nitrogens is 2. The third-order valence-electron chi connectivity index (χ3n) is 3.09. The Morgan fingerprint density at radius 2 is 2.22 bits per heavy atom. The molecule has 0 fully saturated rings. The molecular formula is C15H16F3N3O2. The van der Waals surface area contributed by atoms with Crippen LogP contribution < -0.4 is 10.1 Å². The van der Waals surface area contributed by atoms with Crippen LogP contribution in [0.4, 0.5) is 13.2 Å². The molecule has 0 saturated heterocycles. The highest BCUT2D eigenvalue weighted by atomic mass is 19.3. The fourth-order valence-corrected chi connectivity index (χ4v) is 2.08. The van der Waals surface area contributed by atoms with Crippen LogP contribution in [0.1, 0.15) is 29.7 Å². The molecule has 5 nitrogen and oxygen atoms in total. The molecule has 0 aliphatic rings. The number of benzene rings is 1. The number of hydrogen-bond donors (Lipinski definition) is 1. The van der Waals surface area contributed by atoms with E-state index in [0.717, 1.165) is 4.57 Å². The minimum atomic E-state index is -2.68. The van der Waals surface area contributed by atoms with Crippen molar-refractivity contribution >= 4 is 5.91 Å². The molecule has 0 aliphatic heterocycles. The predicted octanol–water partition coefficient (Wildman–Crippen LogP) is 2.79.